The van der Waals surface area contributed by atoms with E-state index < -0.39 is 0 Å². The fraction of sp³-hybridized carbons (Fsp3) is 0.385. The summed E-state index contributed by atoms with van der Waals surface area (Å²) in [4.78, 5) is 21.8. The van der Waals surface area contributed by atoms with Crippen LogP contribution in [0.25, 0.3) is 10.9 Å². The molecule has 2 aromatic heterocycles. The predicted molar refractivity (Wildman–Crippen MR) is 130 cm³/mol. The topological polar surface area (TPSA) is 78.7 Å². The number of anilines is 1. The van der Waals surface area contributed by atoms with E-state index >= 15 is 0 Å². The van der Waals surface area contributed by atoms with E-state index in [0.29, 0.717) is 16.5 Å². The zero-order valence-corrected chi connectivity index (χ0v) is 19.6. The molecule has 164 valence electrons. The van der Waals surface area contributed by atoms with E-state index in [-0.39, 0.29) is 17.1 Å². The molecule has 1 N–H and O–H groups in total. The molecule has 1 aliphatic carbocycles. The first-order chi connectivity index (χ1) is 15.4. The van der Waals surface area contributed by atoms with Gasteiger partial charge in [0.2, 0.25) is 5.91 Å². The van der Waals surface area contributed by atoms with E-state index in [2.05, 4.69) is 37.1 Å². The lowest BCUT2D eigenvalue weighted by atomic mass is 9.69. The molecular formula is C26H28N4OS. The average Bonchev–Trinajstić information content (AvgIpc) is 2.82. The second kappa shape index (κ2) is 9.30. The highest BCUT2D eigenvalue weighted by Crippen LogP contribution is 2.40. The van der Waals surface area contributed by atoms with Gasteiger partial charge in [-0.1, -0.05) is 45.0 Å². The molecule has 0 radical (unpaired) electrons. The zero-order valence-electron chi connectivity index (χ0n) is 18.8. The van der Waals surface area contributed by atoms with Crippen molar-refractivity contribution < 1.29 is 4.79 Å². The SMILES string of the molecule is CCC(C)(C)[C@H]1CCc2nc(SCC(=O)Nc3cccc4ncccc34)c(C#N)cc2C1. The molecule has 0 spiro atoms. The van der Waals surface area contributed by atoms with Crippen molar-refractivity contribution in [1.29, 1.82) is 5.26 Å². The van der Waals surface area contributed by atoms with Gasteiger partial charge in [0, 0.05) is 17.3 Å². The van der Waals surface area contributed by atoms with Crippen LogP contribution in [0.15, 0.2) is 47.6 Å². The Hall–Kier alpha value is -2.91. The van der Waals surface area contributed by atoms with Crippen LogP contribution in [0.2, 0.25) is 0 Å². The Kier molecular flexibility index (Phi) is 6.48. The van der Waals surface area contributed by atoms with Crippen molar-refractivity contribution in [2.45, 2.75) is 51.5 Å². The van der Waals surface area contributed by atoms with Gasteiger partial charge in [-0.05, 0) is 66.5 Å². The minimum Gasteiger partial charge on any atom is -0.325 e. The van der Waals surface area contributed by atoms with E-state index in [0.717, 1.165) is 48.0 Å². The molecular weight excluding hydrogens is 416 g/mol. The molecule has 3 aromatic rings. The lowest BCUT2D eigenvalue weighted by molar-refractivity contribution is -0.113. The maximum absolute atomic E-state index is 12.6. The normalized spacial score (nSPS) is 15.8. The summed E-state index contributed by atoms with van der Waals surface area (Å²) in [5.41, 5.74) is 4.69. The van der Waals surface area contributed by atoms with Crippen LogP contribution in [0.4, 0.5) is 5.69 Å². The minimum atomic E-state index is -0.125. The summed E-state index contributed by atoms with van der Waals surface area (Å²) >= 11 is 1.33. The highest BCUT2D eigenvalue weighted by molar-refractivity contribution is 8.00. The van der Waals surface area contributed by atoms with Crippen LogP contribution in [0.5, 0.6) is 0 Å². The van der Waals surface area contributed by atoms with Gasteiger partial charge in [-0.3, -0.25) is 9.78 Å². The summed E-state index contributed by atoms with van der Waals surface area (Å²) in [6, 6.07) is 13.8. The summed E-state index contributed by atoms with van der Waals surface area (Å²) in [6.07, 6.45) is 5.89. The summed E-state index contributed by atoms with van der Waals surface area (Å²) in [5.74, 6) is 0.676. The number of aryl methyl sites for hydroxylation is 1. The van der Waals surface area contributed by atoms with Gasteiger partial charge in [0.15, 0.2) is 0 Å². The predicted octanol–water partition coefficient (Wildman–Crippen LogP) is 5.77. The number of pyridine rings is 2. The summed E-state index contributed by atoms with van der Waals surface area (Å²) in [5, 5.41) is 14.2. The second-order valence-electron chi connectivity index (χ2n) is 9.05. The molecule has 32 heavy (non-hydrogen) atoms. The lowest BCUT2D eigenvalue weighted by Crippen LogP contribution is -2.29. The second-order valence-corrected chi connectivity index (χ2v) is 10.0. The van der Waals surface area contributed by atoms with Crippen molar-refractivity contribution in [3.63, 3.8) is 0 Å². The maximum Gasteiger partial charge on any atom is 0.234 e. The van der Waals surface area contributed by atoms with Crippen LogP contribution >= 0.6 is 11.8 Å². The van der Waals surface area contributed by atoms with E-state index in [9.17, 15) is 10.1 Å². The first-order valence-corrected chi connectivity index (χ1v) is 12.1. The Bertz CT molecular complexity index is 1190. The minimum absolute atomic E-state index is 0.125. The number of nitrogens with zero attached hydrogens (tertiary/aromatic N) is 3. The molecule has 0 saturated heterocycles. The number of fused-ring (bicyclic) bond motifs is 2. The van der Waals surface area contributed by atoms with E-state index in [4.69, 9.17) is 4.98 Å². The van der Waals surface area contributed by atoms with Gasteiger partial charge in [0.1, 0.15) is 11.1 Å². The Balaban J connectivity index is 1.47. The number of benzene rings is 1. The highest BCUT2D eigenvalue weighted by Gasteiger charge is 2.32. The van der Waals surface area contributed by atoms with Gasteiger partial charge in [-0.2, -0.15) is 5.26 Å². The van der Waals surface area contributed by atoms with Gasteiger partial charge in [0.25, 0.3) is 0 Å². The molecule has 0 aliphatic heterocycles. The molecule has 4 rings (SSSR count). The molecule has 0 bridgehead atoms. The van der Waals surface area contributed by atoms with Crippen molar-refractivity contribution in [3.05, 3.63) is 59.4 Å². The molecule has 0 unspecified atom stereocenters. The number of aromatic nitrogens is 2. The van der Waals surface area contributed by atoms with Crippen molar-refractivity contribution in [3.8, 4) is 6.07 Å². The summed E-state index contributed by atoms with van der Waals surface area (Å²) in [6.45, 7) is 6.90. The third kappa shape index (κ3) is 4.63. The van der Waals surface area contributed by atoms with Crippen molar-refractivity contribution in [2.75, 3.05) is 11.1 Å². The maximum atomic E-state index is 12.6. The molecule has 1 atom stereocenters. The lowest BCUT2D eigenvalue weighted by Gasteiger charge is -2.37. The van der Waals surface area contributed by atoms with Crippen molar-refractivity contribution >= 4 is 34.3 Å². The Labute approximate surface area is 193 Å². The number of hydrogen-bond acceptors (Lipinski definition) is 5. The Morgan fingerprint density at radius 3 is 2.94 bits per heavy atom. The fourth-order valence-electron chi connectivity index (χ4n) is 4.32. The molecule has 1 amide bonds. The van der Waals surface area contributed by atoms with Crippen LogP contribution in [0.1, 0.15) is 50.4 Å². The van der Waals surface area contributed by atoms with Gasteiger partial charge in [0.05, 0.1) is 22.5 Å². The molecule has 1 aromatic carbocycles. The molecule has 2 heterocycles. The average molecular weight is 445 g/mol. The fourth-order valence-corrected chi connectivity index (χ4v) is 5.10. The third-order valence-electron chi connectivity index (χ3n) is 6.75. The monoisotopic (exact) mass is 444 g/mol. The number of hydrogen-bond donors (Lipinski definition) is 1. The van der Waals surface area contributed by atoms with Crippen LogP contribution in [0.3, 0.4) is 0 Å². The molecule has 0 fully saturated rings. The van der Waals surface area contributed by atoms with Gasteiger partial charge in [-0.25, -0.2) is 4.98 Å². The van der Waals surface area contributed by atoms with Crippen molar-refractivity contribution in [2.24, 2.45) is 11.3 Å². The van der Waals surface area contributed by atoms with Gasteiger partial charge < -0.3 is 5.32 Å². The van der Waals surface area contributed by atoms with Crippen LogP contribution in [0, 0.1) is 22.7 Å². The van der Waals surface area contributed by atoms with E-state index in [1.807, 2.05) is 36.4 Å². The summed E-state index contributed by atoms with van der Waals surface area (Å²) < 4.78 is 0. The Morgan fingerprint density at radius 2 is 2.16 bits per heavy atom. The van der Waals surface area contributed by atoms with E-state index in [1.165, 1.54) is 17.3 Å². The van der Waals surface area contributed by atoms with Gasteiger partial charge in [-0.15, -0.1) is 0 Å². The van der Waals surface area contributed by atoms with Crippen molar-refractivity contribution in [1.82, 2.24) is 9.97 Å². The zero-order chi connectivity index (χ0) is 22.7. The number of rotatable bonds is 6. The Morgan fingerprint density at radius 1 is 1.31 bits per heavy atom. The molecule has 5 nitrogen and oxygen atoms in total. The number of nitrogens with one attached hydrogen (secondary N) is 1. The highest BCUT2D eigenvalue weighted by atomic mass is 32.2. The van der Waals surface area contributed by atoms with Crippen LogP contribution in [-0.4, -0.2) is 21.6 Å². The number of nitriles is 1. The standard InChI is InChI=1S/C26H28N4OS/c1-4-26(2,3)19-10-11-21-17(14-19)13-18(15-27)25(30-21)32-16-24(31)29-23-9-5-8-22-20(23)7-6-12-28-22/h5-9,12-13,19H,4,10-11,14,16H2,1-3H3,(H,29,31)/t19-/m0/s1. The first kappa shape index (κ1) is 22.3. The number of carbonyl (C=O) groups excluding carboxylic acids is 1. The largest absolute Gasteiger partial charge is 0.325 e. The number of thioether (sulfide) groups is 1. The smallest absolute Gasteiger partial charge is 0.234 e. The summed E-state index contributed by atoms with van der Waals surface area (Å²) in [7, 11) is 0. The molecule has 1 aliphatic rings. The van der Waals surface area contributed by atoms with E-state index in [1.54, 1.807) is 6.20 Å². The first-order valence-electron chi connectivity index (χ1n) is 11.1. The van der Waals surface area contributed by atoms with Gasteiger partial charge >= 0.3 is 0 Å². The molecule has 6 heteroatoms. The molecule has 0 saturated carbocycles. The number of amides is 1. The number of carbonyl (C=O) groups is 1. The quantitative estimate of drug-likeness (QED) is 0.488. The van der Waals surface area contributed by atoms with Crippen LogP contribution in [-0.2, 0) is 17.6 Å². The van der Waals surface area contributed by atoms with Crippen LogP contribution < -0.4 is 5.32 Å². The third-order valence-corrected chi connectivity index (χ3v) is 7.74.